The molecule has 1 aromatic heterocycles. The smallest absolute Gasteiger partial charge is 0.320 e. The maximum atomic E-state index is 12.3. The van der Waals surface area contributed by atoms with E-state index in [1.165, 1.54) is 11.8 Å². The fourth-order valence-corrected chi connectivity index (χ4v) is 3.82. The summed E-state index contributed by atoms with van der Waals surface area (Å²) in [5.74, 6) is -0.110. The summed E-state index contributed by atoms with van der Waals surface area (Å²) in [5, 5.41) is 2.90. The molecule has 2 aromatic carbocycles. The number of hydrogen-bond donors (Lipinski definition) is 1. The molecular formula is C18H15N3O2S. The van der Waals surface area contributed by atoms with Crippen molar-refractivity contribution < 1.29 is 4.79 Å². The fraction of sp³-hybridized carbons (Fsp3) is 0.111. The maximum Gasteiger partial charge on any atom is 0.328 e. The number of anilines is 1. The summed E-state index contributed by atoms with van der Waals surface area (Å²) in [5.41, 5.74) is 3.38. The Morgan fingerprint density at radius 3 is 2.58 bits per heavy atom. The lowest BCUT2D eigenvalue weighted by molar-refractivity contribution is -0.112. The van der Waals surface area contributed by atoms with E-state index in [-0.39, 0.29) is 11.6 Å². The van der Waals surface area contributed by atoms with Gasteiger partial charge in [0.2, 0.25) is 0 Å². The molecule has 1 aliphatic heterocycles. The van der Waals surface area contributed by atoms with E-state index in [9.17, 15) is 9.59 Å². The highest BCUT2D eigenvalue weighted by atomic mass is 32.2. The number of aromatic nitrogens is 2. The average molecular weight is 337 g/mol. The second kappa shape index (κ2) is 5.42. The van der Waals surface area contributed by atoms with Gasteiger partial charge in [-0.25, -0.2) is 4.79 Å². The number of hydrogen-bond acceptors (Lipinski definition) is 3. The molecule has 1 aliphatic rings. The summed E-state index contributed by atoms with van der Waals surface area (Å²) in [6.07, 6.45) is 1.85. The van der Waals surface area contributed by atoms with Gasteiger partial charge in [0.1, 0.15) is 0 Å². The number of carbonyl (C=O) groups excluding carboxylic acids is 1. The molecule has 1 N–H and O–H groups in total. The molecular weight excluding hydrogens is 322 g/mol. The van der Waals surface area contributed by atoms with Gasteiger partial charge in [-0.15, -0.1) is 0 Å². The normalized spacial score (nSPS) is 15.6. The number of nitrogens with one attached hydrogen (secondary N) is 1. The Labute approximate surface area is 142 Å². The quantitative estimate of drug-likeness (QED) is 0.695. The van der Waals surface area contributed by atoms with Gasteiger partial charge in [-0.2, -0.15) is 0 Å². The second-order valence-corrected chi connectivity index (χ2v) is 6.79. The van der Waals surface area contributed by atoms with Crippen molar-refractivity contribution in [3.63, 3.8) is 0 Å². The van der Waals surface area contributed by atoms with Gasteiger partial charge in [-0.05, 0) is 35.9 Å². The lowest BCUT2D eigenvalue weighted by Crippen LogP contribution is -2.19. The first-order valence-corrected chi connectivity index (χ1v) is 8.31. The number of aryl methyl sites for hydroxylation is 2. The Bertz CT molecular complexity index is 1080. The highest BCUT2D eigenvalue weighted by molar-refractivity contribution is 8.04. The van der Waals surface area contributed by atoms with Crippen LogP contribution in [0.1, 0.15) is 5.56 Å². The van der Waals surface area contributed by atoms with E-state index in [4.69, 9.17) is 0 Å². The molecule has 0 bridgehead atoms. The topological polar surface area (TPSA) is 56.0 Å². The maximum absolute atomic E-state index is 12.3. The highest BCUT2D eigenvalue weighted by Crippen LogP contribution is 2.38. The first-order chi connectivity index (χ1) is 11.5. The van der Waals surface area contributed by atoms with Crippen molar-refractivity contribution in [2.24, 2.45) is 14.1 Å². The van der Waals surface area contributed by atoms with Crippen LogP contribution in [0, 0.1) is 0 Å². The van der Waals surface area contributed by atoms with Crippen molar-refractivity contribution >= 4 is 40.5 Å². The zero-order chi connectivity index (χ0) is 16.8. The Kier molecular flexibility index (Phi) is 3.35. The minimum Gasteiger partial charge on any atom is -0.320 e. The zero-order valence-electron chi connectivity index (χ0n) is 13.2. The minimum atomic E-state index is -0.110. The van der Waals surface area contributed by atoms with Crippen LogP contribution in [0.3, 0.4) is 0 Å². The van der Waals surface area contributed by atoms with E-state index in [1.54, 1.807) is 23.2 Å². The van der Waals surface area contributed by atoms with Crippen molar-refractivity contribution in [3.05, 3.63) is 63.4 Å². The summed E-state index contributed by atoms with van der Waals surface area (Å²) < 4.78 is 3.23. The number of imidazole rings is 1. The van der Waals surface area contributed by atoms with Gasteiger partial charge in [-0.3, -0.25) is 13.9 Å². The van der Waals surface area contributed by atoms with Crippen LogP contribution < -0.4 is 11.0 Å². The van der Waals surface area contributed by atoms with Crippen LogP contribution in [0.25, 0.3) is 17.1 Å². The molecule has 5 nitrogen and oxygen atoms in total. The molecule has 1 amide bonds. The van der Waals surface area contributed by atoms with Crippen molar-refractivity contribution in [2.75, 3.05) is 5.32 Å². The van der Waals surface area contributed by atoms with Crippen molar-refractivity contribution in [3.8, 4) is 0 Å². The van der Waals surface area contributed by atoms with E-state index in [2.05, 4.69) is 5.32 Å². The third-order valence-electron chi connectivity index (χ3n) is 4.17. The fourth-order valence-electron chi connectivity index (χ4n) is 2.87. The monoisotopic (exact) mass is 337 g/mol. The van der Waals surface area contributed by atoms with Crippen LogP contribution >= 0.6 is 11.8 Å². The first kappa shape index (κ1) is 14.8. The molecule has 0 unspecified atom stereocenters. The summed E-state index contributed by atoms with van der Waals surface area (Å²) >= 11 is 1.45. The van der Waals surface area contributed by atoms with Crippen LogP contribution in [0.5, 0.6) is 0 Å². The largest absolute Gasteiger partial charge is 0.328 e. The zero-order valence-corrected chi connectivity index (χ0v) is 14.1. The summed E-state index contributed by atoms with van der Waals surface area (Å²) in [6.45, 7) is 0. The van der Waals surface area contributed by atoms with Crippen LogP contribution in [-0.4, -0.2) is 15.0 Å². The van der Waals surface area contributed by atoms with Gasteiger partial charge in [0, 0.05) is 19.0 Å². The van der Waals surface area contributed by atoms with Crippen molar-refractivity contribution in [1.82, 2.24) is 9.13 Å². The second-order valence-electron chi connectivity index (χ2n) is 5.71. The summed E-state index contributed by atoms with van der Waals surface area (Å²) in [7, 11) is 3.50. The molecule has 6 heteroatoms. The lowest BCUT2D eigenvalue weighted by Gasteiger charge is -2.18. The Morgan fingerprint density at radius 1 is 1.00 bits per heavy atom. The molecule has 3 aromatic rings. The molecule has 0 saturated carbocycles. The van der Waals surface area contributed by atoms with Gasteiger partial charge in [0.15, 0.2) is 0 Å². The number of nitrogens with zero attached hydrogens (tertiary/aromatic N) is 2. The van der Waals surface area contributed by atoms with Gasteiger partial charge >= 0.3 is 5.69 Å². The molecule has 0 fully saturated rings. The molecule has 0 saturated heterocycles. The van der Waals surface area contributed by atoms with Gasteiger partial charge in [-0.1, -0.05) is 30.0 Å². The number of fused-ring (bicyclic) bond motifs is 2. The van der Waals surface area contributed by atoms with E-state index < -0.39 is 0 Å². The van der Waals surface area contributed by atoms with Crippen LogP contribution in [0.15, 0.2) is 57.1 Å². The van der Waals surface area contributed by atoms with Gasteiger partial charge < -0.3 is 5.32 Å². The number of benzene rings is 2. The minimum absolute atomic E-state index is 0.0616. The number of amides is 1. The number of rotatable bonds is 1. The molecule has 2 heterocycles. The average Bonchev–Trinajstić information content (AvgIpc) is 2.80. The number of carbonyl (C=O) groups is 1. The van der Waals surface area contributed by atoms with Gasteiger partial charge in [0.05, 0.1) is 21.6 Å². The number of thioether (sulfide) groups is 1. The molecule has 0 atom stereocenters. The summed E-state index contributed by atoms with van der Waals surface area (Å²) in [4.78, 5) is 26.0. The van der Waals surface area contributed by atoms with Crippen molar-refractivity contribution in [2.45, 2.75) is 4.90 Å². The SMILES string of the molecule is Cn1c(=O)n(C)c2cc(/C=C3\Sc4ccccc4NC3=O)ccc21. The highest BCUT2D eigenvalue weighted by Gasteiger charge is 2.20. The first-order valence-electron chi connectivity index (χ1n) is 7.50. The Hall–Kier alpha value is -2.73. The predicted molar refractivity (Wildman–Crippen MR) is 97.1 cm³/mol. The molecule has 0 spiro atoms. The molecule has 24 heavy (non-hydrogen) atoms. The third-order valence-corrected chi connectivity index (χ3v) is 5.27. The third kappa shape index (κ3) is 2.27. The van der Waals surface area contributed by atoms with Crippen molar-refractivity contribution in [1.29, 1.82) is 0 Å². The molecule has 0 aliphatic carbocycles. The summed E-state index contributed by atoms with van der Waals surface area (Å²) in [6, 6.07) is 13.5. The van der Waals surface area contributed by atoms with Crippen LogP contribution in [0.2, 0.25) is 0 Å². The number of para-hydroxylation sites is 1. The van der Waals surface area contributed by atoms with E-state index in [1.807, 2.05) is 48.5 Å². The Morgan fingerprint density at radius 2 is 1.75 bits per heavy atom. The predicted octanol–water partition coefficient (Wildman–Crippen LogP) is 2.96. The Balaban J connectivity index is 1.79. The van der Waals surface area contributed by atoms with Gasteiger partial charge in [0.25, 0.3) is 5.91 Å². The van der Waals surface area contributed by atoms with Crippen LogP contribution in [0.4, 0.5) is 5.69 Å². The molecule has 120 valence electrons. The van der Waals surface area contributed by atoms with E-state index in [0.29, 0.717) is 4.91 Å². The lowest BCUT2D eigenvalue weighted by atomic mass is 10.1. The van der Waals surface area contributed by atoms with E-state index >= 15 is 0 Å². The van der Waals surface area contributed by atoms with E-state index in [0.717, 1.165) is 27.2 Å². The molecule has 0 radical (unpaired) electrons. The van der Waals surface area contributed by atoms with Crippen LogP contribution in [-0.2, 0) is 18.9 Å². The molecule has 4 rings (SSSR count). The standard InChI is InChI=1S/C18H15N3O2S/c1-20-13-8-7-11(9-14(13)21(2)18(20)23)10-16-17(22)19-12-5-3-4-6-15(12)24-16/h3-10H,1-2H3,(H,19,22)/b16-10-.